The van der Waals surface area contributed by atoms with Gasteiger partial charge in [-0.05, 0) is 19.1 Å². The average molecular weight is 312 g/mol. The summed E-state index contributed by atoms with van der Waals surface area (Å²) in [5.74, 6) is -0.483. The molecule has 0 fully saturated rings. The number of nitriles is 1. The van der Waals surface area contributed by atoms with E-state index in [2.05, 4.69) is 0 Å². The van der Waals surface area contributed by atoms with Crippen LogP contribution in [0, 0.1) is 27.4 Å². The third-order valence-electron chi connectivity index (χ3n) is 2.89. The van der Waals surface area contributed by atoms with Gasteiger partial charge in [-0.25, -0.2) is 8.42 Å². The Morgan fingerprint density at radius 1 is 1.52 bits per heavy atom. The lowest BCUT2D eigenvalue weighted by atomic mass is 10.2. The summed E-state index contributed by atoms with van der Waals surface area (Å²) in [5, 5.41) is 19.6. The predicted octanol–water partition coefficient (Wildman–Crippen LogP) is 1.35. The number of nitro benzene ring substituents is 1. The van der Waals surface area contributed by atoms with Crippen LogP contribution in [0.4, 0.5) is 11.4 Å². The molecule has 0 spiro atoms. The Hall–Kier alpha value is -2.18. The first-order chi connectivity index (χ1) is 9.73. The summed E-state index contributed by atoms with van der Waals surface area (Å²) in [6.45, 7) is 3.41. The van der Waals surface area contributed by atoms with Gasteiger partial charge in [0.05, 0.1) is 21.8 Å². The fourth-order valence-electron chi connectivity index (χ4n) is 1.73. The van der Waals surface area contributed by atoms with Crippen LogP contribution in [0.15, 0.2) is 23.1 Å². The SMILES string of the molecule is CCN(CC(C)C#N)S(=O)(=O)c1ccc(N)c([N+](=O)[O-])c1. The molecule has 8 nitrogen and oxygen atoms in total. The van der Waals surface area contributed by atoms with Crippen LogP contribution in [0.1, 0.15) is 13.8 Å². The van der Waals surface area contributed by atoms with Gasteiger partial charge in [0.25, 0.3) is 5.69 Å². The van der Waals surface area contributed by atoms with Gasteiger partial charge >= 0.3 is 0 Å². The zero-order chi connectivity index (χ0) is 16.2. The van der Waals surface area contributed by atoms with Crippen LogP contribution >= 0.6 is 0 Å². The summed E-state index contributed by atoms with van der Waals surface area (Å²) < 4.78 is 26.0. The molecule has 0 aliphatic heterocycles. The van der Waals surface area contributed by atoms with E-state index in [-0.39, 0.29) is 23.7 Å². The minimum absolute atomic E-state index is 0.0213. The van der Waals surface area contributed by atoms with E-state index in [0.29, 0.717) is 0 Å². The van der Waals surface area contributed by atoms with E-state index in [0.717, 1.165) is 10.4 Å². The van der Waals surface area contributed by atoms with Crippen LogP contribution in [0.5, 0.6) is 0 Å². The highest BCUT2D eigenvalue weighted by Gasteiger charge is 2.27. The van der Waals surface area contributed by atoms with Crippen LogP contribution in [-0.4, -0.2) is 30.7 Å². The van der Waals surface area contributed by atoms with Gasteiger partial charge < -0.3 is 5.73 Å². The molecule has 21 heavy (non-hydrogen) atoms. The van der Waals surface area contributed by atoms with Gasteiger partial charge in [-0.3, -0.25) is 10.1 Å². The Labute approximate surface area is 123 Å². The Bertz CT molecular complexity index is 681. The molecule has 2 N–H and O–H groups in total. The predicted molar refractivity (Wildman–Crippen MR) is 76.7 cm³/mol. The summed E-state index contributed by atoms with van der Waals surface area (Å²) in [6.07, 6.45) is 0. The summed E-state index contributed by atoms with van der Waals surface area (Å²) in [5.41, 5.74) is 4.89. The molecule has 0 saturated carbocycles. The molecule has 1 aromatic rings. The fourth-order valence-corrected chi connectivity index (χ4v) is 3.29. The van der Waals surface area contributed by atoms with Crippen LogP contribution in [0.2, 0.25) is 0 Å². The van der Waals surface area contributed by atoms with Crippen molar-refractivity contribution < 1.29 is 13.3 Å². The second kappa shape index (κ2) is 6.51. The van der Waals surface area contributed by atoms with Crippen molar-refractivity contribution in [2.24, 2.45) is 5.92 Å². The fraction of sp³-hybridized carbons (Fsp3) is 0.417. The number of benzene rings is 1. The molecule has 0 heterocycles. The Morgan fingerprint density at radius 3 is 2.62 bits per heavy atom. The molecule has 0 bridgehead atoms. The largest absolute Gasteiger partial charge is 0.393 e. The van der Waals surface area contributed by atoms with Crippen LogP contribution in [0.25, 0.3) is 0 Å². The summed E-state index contributed by atoms with van der Waals surface area (Å²) in [4.78, 5) is 9.89. The number of nitro groups is 1. The minimum Gasteiger partial charge on any atom is -0.393 e. The van der Waals surface area contributed by atoms with E-state index < -0.39 is 26.6 Å². The number of nitrogens with two attached hydrogens (primary N) is 1. The van der Waals surface area contributed by atoms with Crippen LogP contribution < -0.4 is 5.73 Å². The first kappa shape index (κ1) is 16.9. The van der Waals surface area contributed by atoms with E-state index in [1.165, 1.54) is 12.1 Å². The normalized spacial score (nSPS) is 12.9. The smallest absolute Gasteiger partial charge is 0.293 e. The average Bonchev–Trinajstić information content (AvgIpc) is 2.43. The maximum atomic E-state index is 12.5. The first-order valence-corrected chi connectivity index (χ1v) is 7.61. The number of hydrogen-bond donors (Lipinski definition) is 1. The van der Waals surface area contributed by atoms with Crippen LogP contribution in [-0.2, 0) is 10.0 Å². The number of nitrogen functional groups attached to an aromatic ring is 1. The van der Waals surface area contributed by atoms with Gasteiger partial charge in [0, 0.05) is 19.2 Å². The van der Waals surface area contributed by atoms with Crippen molar-refractivity contribution in [1.29, 1.82) is 5.26 Å². The number of anilines is 1. The topological polar surface area (TPSA) is 130 Å². The lowest BCUT2D eigenvalue weighted by molar-refractivity contribution is -0.384. The number of hydrogen-bond acceptors (Lipinski definition) is 6. The van der Waals surface area contributed by atoms with Gasteiger partial charge in [0.1, 0.15) is 5.69 Å². The van der Waals surface area contributed by atoms with Crippen molar-refractivity contribution in [3.63, 3.8) is 0 Å². The third kappa shape index (κ3) is 3.68. The molecule has 0 aromatic heterocycles. The van der Waals surface area contributed by atoms with E-state index in [9.17, 15) is 18.5 Å². The van der Waals surface area contributed by atoms with Gasteiger partial charge in [0.2, 0.25) is 10.0 Å². The van der Waals surface area contributed by atoms with E-state index >= 15 is 0 Å². The van der Waals surface area contributed by atoms with Crippen molar-refractivity contribution in [3.8, 4) is 6.07 Å². The molecular weight excluding hydrogens is 296 g/mol. The summed E-state index contributed by atoms with van der Waals surface area (Å²) >= 11 is 0. The molecular formula is C12H16N4O4S. The van der Waals surface area contributed by atoms with Gasteiger partial charge in [0.15, 0.2) is 0 Å². The van der Waals surface area contributed by atoms with Crippen molar-refractivity contribution in [1.82, 2.24) is 4.31 Å². The Kier molecular flexibility index (Phi) is 5.23. The Morgan fingerprint density at radius 2 is 2.14 bits per heavy atom. The molecule has 114 valence electrons. The molecule has 0 amide bonds. The Balaban J connectivity index is 3.27. The third-order valence-corrected chi connectivity index (χ3v) is 4.82. The highest BCUT2D eigenvalue weighted by Crippen LogP contribution is 2.26. The molecule has 0 aliphatic carbocycles. The van der Waals surface area contributed by atoms with Gasteiger partial charge in [-0.2, -0.15) is 9.57 Å². The van der Waals surface area contributed by atoms with E-state index in [1.54, 1.807) is 13.8 Å². The second-order valence-corrected chi connectivity index (χ2v) is 6.40. The number of rotatable bonds is 6. The van der Waals surface area contributed by atoms with E-state index in [1.807, 2.05) is 6.07 Å². The zero-order valence-corrected chi connectivity index (χ0v) is 12.5. The van der Waals surface area contributed by atoms with Crippen molar-refractivity contribution in [3.05, 3.63) is 28.3 Å². The number of nitrogens with zero attached hydrogens (tertiary/aromatic N) is 3. The molecule has 1 aromatic carbocycles. The van der Waals surface area contributed by atoms with Gasteiger partial charge in [-0.15, -0.1) is 0 Å². The number of sulfonamides is 1. The molecule has 0 saturated heterocycles. The summed E-state index contributed by atoms with van der Waals surface area (Å²) in [6, 6.07) is 5.30. The zero-order valence-electron chi connectivity index (χ0n) is 11.7. The standard InChI is InChI=1S/C12H16N4O4S/c1-3-15(8-9(2)7-13)21(19,20)10-4-5-11(14)12(6-10)16(17)18/h4-6,9H,3,8,14H2,1-2H3. The van der Waals surface area contributed by atoms with Crippen molar-refractivity contribution >= 4 is 21.4 Å². The first-order valence-electron chi connectivity index (χ1n) is 6.17. The molecule has 0 radical (unpaired) electrons. The maximum Gasteiger partial charge on any atom is 0.293 e. The molecule has 1 unspecified atom stereocenters. The van der Waals surface area contributed by atoms with Crippen LogP contribution in [0.3, 0.4) is 0 Å². The summed E-state index contributed by atoms with van der Waals surface area (Å²) in [7, 11) is -3.91. The molecule has 9 heteroatoms. The monoisotopic (exact) mass is 312 g/mol. The van der Waals surface area contributed by atoms with Gasteiger partial charge in [-0.1, -0.05) is 6.92 Å². The second-order valence-electron chi connectivity index (χ2n) is 4.46. The lowest BCUT2D eigenvalue weighted by Crippen LogP contribution is -2.34. The maximum absolute atomic E-state index is 12.5. The highest BCUT2D eigenvalue weighted by atomic mass is 32.2. The lowest BCUT2D eigenvalue weighted by Gasteiger charge is -2.21. The molecule has 0 aliphatic rings. The van der Waals surface area contributed by atoms with E-state index in [4.69, 9.17) is 11.0 Å². The van der Waals surface area contributed by atoms with Crippen molar-refractivity contribution in [2.45, 2.75) is 18.7 Å². The quantitative estimate of drug-likeness (QED) is 0.479. The molecule has 1 atom stereocenters. The van der Waals surface area contributed by atoms with Crippen molar-refractivity contribution in [2.75, 3.05) is 18.8 Å². The highest BCUT2D eigenvalue weighted by molar-refractivity contribution is 7.89. The minimum atomic E-state index is -3.91. The molecule has 1 rings (SSSR count).